The number of nitro groups is 1. The summed E-state index contributed by atoms with van der Waals surface area (Å²) in [5, 5.41) is 15.5. The van der Waals surface area contributed by atoms with Gasteiger partial charge in [-0.05, 0) is 48.4 Å². The summed E-state index contributed by atoms with van der Waals surface area (Å²) in [7, 11) is 0. The summed E-state index contributed by atoms with van der Waals surface area (Å²) in [5.41, 5.74) is 1.81. The number of anilines is 1. The maximum atomic E-state index is 13.0. The number of hydrogen-bond acceptors (Lipinski definition) is 6. The van der Waals surface area contributed by atoms with Gasteiger partial charge < -0.3 is 10.1 Å². The van der Waals surface area contributed by atoms with E-state index < -0.39 is 16.8 Å². The van der Waals surface area contributed by atoms with Crippen LogP contribution in [0.5, 0.6) is 0 Å². The molecule has 158 valence electrons. The Labute approximate surface area is 180 Å². The number of non-ortho nitro benzene ring substituents is 1. The van der Waals surface area contributed by atoms with Gasteiger partial charge in [-0.2, -0.15) is 0 Å². The Bertz CT molecular complexity index is 1140. The summed E-state index contributed by atoms with van der Waals surface area (Å²) in [6, 6.07) is 11.4. The van der Waals surface area contributed by atoms with Gasteiger partial charge in [0.15, 0.2) is 0 Å². The molecule has 0 bridgehead atoms. The Morgan fingerprint density at radius 3 is 2.45 bits per heavy atom. The molecule has 3 rings (SSSR count). The van der Waals surface area contributed by atoms with Gasteiger partial charge in [0.2, 0.25) is 5.91 Å². The first-order valence-electron chi connectivity index (χ1n) is 9.17. The van der Waals surface area contributed by atoms with Crippen LogP contribution in [0.4, 0.5) is 15.1 Å². The van der Waals surface area contributed by atoms with Crippen LogP contribution in [0, 0.1) is 15.9 Å². The highest BCUT2D eigenvalue weighted by molar-refractivity contribution is 7.15. The quantitative estimate of drug-likeness (QED) is 0.233. The van der Waals surface area contributed by atoms with Crippen molar-refractivity contribution in [2.45, 2.75) is 6.92 Å². The molecule has 1 amide bonds. The van der Waals surface area contributed by atoms with Crippen LogP contribution in [-0.2, 0) is 9.53 Å². The fourth-order valence-corrected chi connectivity index (χ4v) is 3.69. The molecule has 0 aliphatic heterocycles. The van der Waals surface area contributed by atoms with Crippen LogP contribution in [0.25, 0.3) is 17.2 Å². The zero-order chi connectivity index (χ0) is 22.4. The number of benzene rings is 2. The van der Waals surface area contributed by atoms with Gasteiger partial charge in [-0.3, -0.25) is 14.9 Å². The third-order valence-electron chi connectivity index (χ3n) is 4.19. The molecule has 0 saturated heterocycles. The predicted octanol–water partition coefficient (Wildman–Crippen LogP) is 5.29. The van der Waals surface area contributed by atoms with Gasteiger partial charge in [0.05, 0.1) is 11.5 Å². The van der Waals surface area contributed by atoms with E-state index >= 15 is 0 Å². The Kier molecular flexibility index (Phi) is 6.88. The lowest BCUT2D eigenvalue weighted by molar-refractivity contribution is -0.384. The monoisotopic (exact) mass is 440 g/mol. The maximum absolute atomic E-state index is 13.0. The lowest BCUT2D eigenvalue weighted by Crippen LogP contribution is -2.12. The third-order valence-corrected chi connectivity index (χ3v) is 5.09. The second kappa shape index (κ2) is 9.77. The lowest BCUT2D eigenvalue weighted by atomic mass is 10.0. The van der Waals surface area contributed by atoms with Crippen LogP contribution < -0.4 is 5.32 Å². The number of rotatable bonds is 7. The summed E-state index contributed by atoms with van der Waals surface area (Å²) in [4.78, 5) is 35.3. The van der Waals surface area contributed by atoms with Gasteiger partial charge in [0.25, 0.3) is 5.69 Å². The largest absolute Gasteiger partial charge is 0.462 e. The number of nitro benzene ring substituents is 1. The minimum Gasteiger partial charge on any atom is -0.462 e. The van der Waals surface area contributed by atoms with Crippen molar-refractivity contribution in [3.8, 4) is 11.1 Å². The molecule has 2 aromatic carbocycles. The minimum absolute atomic E-state index is 0.0730. The van der Waals surface area contributed by atoms with Crippen LogP contribution in [0.3, 0.4) is 0 Å². The number of halogens is 1. The van der Waals surface area contributed by atoms with Crippen LogP contribution >= 0.6 is 11.3 Å². The smallest absolute Gasteiger partial charge is 0.341 e. The molecule has 0 fully saturated rings. The van der Waals surface area contributed by atoms with Crippen molar-refractivity contribution in [1.29, 1.82) is 0 Å². The highest BCUT2D eigenvalue weighted by Crippen LogP contribution is 2.36. The van der Waals surface area contributed by atoms with Crippen molar-refractivity contribution < 1.29 is 23.6 Å². The molecular formula is C22H17FN2O5S. The van der Waals surface area contributed by atoms with Crippen molar-refractivity contribution in [1.82, 2.24) is 0 Å². The molecule has 0 radical (unpaired) electrons. The standard InChI is InChI=1S/C22H17FN2O5S/c1-2-30-22(27)20-18(15-6-10-17(11-7-15)25(28)29)13-31-21(20)24-19(26)12-5-14-3-8-16(23)9-4-14/h3-13H,2H2,1H3,(H,24,26)/b12-5+. The van der Waals surface area contributed by atoms with Gasteiger partial charge in [0, 0.05) is 29.2 Å². The number of nitrogens with zero attached hydrogens (tertiary/aromatic N) is 1. The molecule has 9 heteroatoms. The number of amides is 1. The molecule has 0 unspecified atom stereocenters. The average molecular weight is 440 g/mol. The number of ether oxygens (including phenoxy) is 1. The fourth-order valence-electron chi connectivity index (χ4n) is 2.73. The summed E-state index contributed by atoms with van der Waals surface area (Å²) in [5.74, 6) is -1.47. The number of carbonyl (C=O) groups is 2. The normalized spacial score (nSPS) is 10.8. The Hall–Kier alpha value is -3.85. The Morgan fingerprint density at radius 1 is 1.16 bits per heavy atom. The van der Waals surface area contributed by atoms with E-state index in [1.807, 2.05) is 0 Å². The van der Waals surface area contributed by atoms with Gasteiger partial charge >= 0.3 is 5.97 Å². The number of thiophene rings is 1. The van der Waals surface area contributed by atoms with Gasteiger partial charge in [-0.1, -0.05) is 12.1 Å². The number of carbonyl (C=O) groups excluding carboxylic acids is 2. The molecule has 7 nitrogen and oxygen atoms in total. The summed E-state index contributed by atoms with van der Waals surface area (Å²) >= 11 is 1.14. The average Bonchev–Trinajstić information content (AvgIpc) is 3.17. The molecule has 3 aromatic rings. The van der Waals surface area contributed by atoms with Gasteiger partial charge in [0.1, 0.15) is 16.4 Å². The van der Waals surface area contributed by atoms with E-state index in [4.69, 9.17) is 4.74 Å². The van der Waals surface area contributed by atoms with Crippen molar-refractivity contribution in [2.75, 3.05) is 11.9 Å². The SMILES string of the molecule is CCOC(=O)c1c(-c2ccc([N+](=O)[O-])cc2)csc1NC(=O)/C=C/c1ccc(F)cc1. The van der Waals surface area contributed by atoms with E-state index in [0.29, 0.717) is 21.7 Å². The fraction of sp³-hybridized carbons (Fsp3) is 0.0909. The van der Waals surface area contributed by atoms with Gasteiger partial charge in [-0.25, -0.2) is 9.18 Å². The predicted molar refractivity (Wildman–Crippen MR) is 116 cm³/mol. The van der Waals surface area contributed by atoms with E-state index in [1.54, 1.807) is 12.3 Å². The highest BCUT2D eigenvalue weighted by atomic mass is 32.1. The topological polar surface area (TPSA) is 98.5 Å². The van der Waals surface area contributed by atoms with Gasteiger partial charge in [-0.15, -0.1) is 11.3 Å². The number of esters is 1. The molecule has 1 heterocycles. The van der Waals surface area contributed by atoms with Crippen LogP contribution in [0.2, 0.25) is 0 Å². The maximum Gasteiger partial charge on any atom is 0.341 e. The second-order valence-corrected chi connectivity index (χ2v) is 7.13. The lowest BCUT2D eigenvalue weighted by Gasteiger charge is -2.08. The van der Waals surface area contributed by atoms with Crippen LogP contribution in [0.1, 0.15) is 22.8 Å². The van der Waals surface area contributed by atoms with E-state index in [9.17, 15) is 24.1 Å². The molecular weight excluding hydrogens is 423 g/mol. The zero-order valence-corrected chi connectivity index (χ0v) is 17.1. The molecule has 1 aromatic heterocycles. The molecule has 0 aliphatic carbocycles. The first-order valence-corrected chi connectivity index (χ1v) is 10.0. The molecule has 0 spiro atoms. The molecule has 0 saturated carbocycles. The van der Waals surface area contributed by atoms with E-state index in [-0.39, 0.29) is 23.7 Å². The minimum atomic E-state index is -0.616. The number of nitrogens with one attached hydrogen (secondary N) is 1. The van der Waals surface area contributed by atoms with E-state index in [2.05, 4.69) is 5.32 Å². The first-order chi connectivity index (χ1) is 14.9. The molecule has 0 atom stereocenters. The molecule has 31 heavy (non-hydrogen) atoms. The Morgan fingerprint density at radius 2 is 1.84 bits per heavy atom. The van der Waals surface area contributed by atoms with Crippen LogP contribution in [0.15, 0.2) is 60.0 Å². The second-order valence-electron chi connectivity index (χ2n) is 6.25. The third kappa shape index (κ3) is 5.40. The van der Waals surface area contributed by atoms with E-state index in [0.717, 1.165) is 11.3 Å². The van der Waals surface area contributed by atoms with Crippen molar-refractivity contribution in [3.05, 3.63) is 87.0 Å². The molecule has 1 N–H and O–H groups in total. The number of hydrogen-bond donors (Lipinski definition) is 1. The molecule has 0 aliphatic rings. The summed E-state index contributed by atoms with van der Waals surface area (Å²) < 4.78 is 18.1. The summed E-state index contributed by atoms with van der Waals surface area (Å²) in [6.45, 7) is 1.81. The van der Waals surface area contributed by atoms with Crippen molar-refractivity contribution in [3.63, 3.8) is 0 Å². The van der Waals surface area contributed by atoms with Crippen LogP contribution in [-0.4, -0.2) is 23.4 Å². The van der Waals surface area contributed by atoms with E-state index in [1.165, 1.54) is 60.7 Å². The highest BCUT2D eigenvalue weighted by Gasteiger charge is 2.22. The first kappa shape index (κ1) is 21.8. The van der Waals surface area contributed by atoms with Crippen molar-refractivity contribution in [2.24, 2.45) is 0 Å². The summed E-state index contributed by atoms with van der Waals surface area (Å²) in [6.07, 6.45) is 2.79. The van der Waals surface area contributed by atoms with Crippen molar-refractivity contribution >= 4 is 40.0 Å². The zero-order valence-electron chi connectivity index (χ0n) is 16.3. The Balaban J connectivity index is 1.87.